The van der Waals surface area contributed by atoms with Crippen LogP contribution in [0.25, 0.3) is 0 Å². The molecule has 2 atom stereocenters. The fourth-order valence-electron chi connectivity index (χ4n) is 2.33. The second-order valence-electron chi connectivity index (χ2n) is 6.67. The van der Waals surface area contributed by atoms with Crippen molar-refractivity contribution in [3.63, 3.8) is 0 Å². The van der Waals surface area contributed by atoms with E-state index >= 15 is 0 Å². The molecule has 0 aliphatic heterocycles. The molecule has 0 heterocycles. The van der Waals surface area contributed by atoms with E-state index in [4.69, 9.17) is 0 Å². The molecule has 25 heavy (non-hydrogen) atoms. The Morgan fingerprint density at radius 3 is 1.92 bits per heavy atom. The van der Waals surface area contributed by atoms with Gasteiger partial charge < -0.3 is 15.1 Å². The van der Waals surface area contributed by atoms with Crippen molar-refractivity contribution in [3.8, 4) is 0 Å². The van der Waals surface area contributed by atoms with Crippen LogP contribution < -0.4 is 0 Å². The van der Waals surface area contributed by atoms with Crippen molar-refractivity contribution in [2.45, 2.75) is 76.9 Å². The fourth-order valence-corrected chi connectivity index (χ4v) is 2.33. The van der Waals surface area contributed by atoms with Gasteiger partial charge in [0, 0.05) is 20.5 Å². The van der Waals surface area contributed by atoms with E-state index in [1.54, 1.807) is 32.3 Å². The Kier molecular flexibility index (Phi) is 15.2. The molecule has 0 radical (unpaired) electrons. The number of nitrogens with zero attached hydrogens (tertiary/aromatic N) is 1. The minimum Gasteiger partial charge on any atom is -0.389 e. The molecule has 2 N–H and O–H groups in total. The Morgan fingerprint density at radius 2 is 1.36 bits per heavy atom. The third-order valence-electron chi connectivity index (χ3n) is 4.01. The lowest BCUT2D eigenvalue weighted by molar-refractivity contribution is -0.129. The predicted octanol–water partition coefficient (Wildman–Crippen LogP) is 4.00. The summed E-state index contributed by atoms with van der Waals surface area (Å²) in [5.74, 6) is 0.0188. The molecule has 0 saturated carbocycles. The van der Waals surface area contributed by atoms with Crippen LogP contribution >= 0.6 is 0 Å². The first-order valence-electron chi connectivity index (χ1n) is 9.55. The molecule has 0 saturated heterocycles. The minimum absolute atomic E-state index is 0.0188. The number of aliphatic hydroxyl groups is 2. The molecule has 4 nitrogen and oxygen atoms in total. The third kappa shape index (κ3) is 15.9. The molecule has 0 spiro atoms. The van der Waals surface area contributed by atoms with Crippen molar-refractivity contribution in [1.82, 2.24) is 4.90 Å². The van der Waals surface area contributed by atoms with E-state index in [2.05, 4.69) is 6.92 Å². The number of carbonyl (C=O) groups excluding carboxylic acids is 1. The van der Waals surface area contributed by atoms with Gasteiger partial charge in [0.05, 0.1) is 12.2 Å². The highest BCUT2D eigenvalue weighted by Crippen LogP contribution is 2.09. The first-order chi connectivity index (χ1) is 12.0. The number of rotatable bonds is 14. The van der Waals surface area contributed by atoms with Gasteiger partial charge >= 0.3 is 0 Å². The molecule has 0 aliphatic carbocycles. The lowest BCUT2D eigenvalue weighted by Gasteiger charge is -2.10. The molecule has 0 aromatic rings. The predicted molar refractivity (Wildman–Crippen MR) is 105 cm³/mol. The van der Waals surface area contributed by atoms with E-state index in [0.717, 1.165) is 12.8 Å². The summed E-state index contributed by atoms with van der Waals surface area (Å²) >= 11 is 0. The average Bonchev–Trinajstić information content (AvgIpc) is 2.58. The number of aliphatic hydroxyl groups excluding tert-OH is 2. The molecule has 0 fully saturated rings. The number of hydrogen-bond donors (Lipinski definition) is 2. The highest BCUT2D eigenvalue weighted by atomic mass is 16.3. The Bertz CT molecular complexity index is 413. The first-order valence-corrected chi connectivity index (χ1v) is 9.55. The Balaban J connectivity index is 3.79. The van der Waals surface area contributed by atoms with E-state index in [-0.39, 0.29) is 12.0 Å². The Labute approximate surface area is 153 Å². The van der Waals surface area contributed by atoms with E-state index < -0.39 is 6.10 Å². The van der Waals surface area contributed by atoms with Gasteiger partial charge in [0.15, 0.2) is 0 Å². The van der Waals surface area contributed by atoms with Crippen LogP contribution in [0.4, 0.5) is 0 Å². The van der Waals surface area contributed by atoms with E-state index in [9.17, 15) is 15.0 Å². The highest BCUT2D eigenvalue weighted by molar-refractivity contribution is 5.75. The number of amides is 1. The van der Waals surface area contributed by atoms with Crippen LogP contribution in [0, 0.1) is 0 Å². The van der Waals surface area contributed by atoms with Gasteiger partial charge in [-0.25, -0.2) is 0 Å². The summed E-state index contributed by atoms with van der Waals surface area (Å²) in [6.45, 7) is 2.21. The number of unbranched alkanes of at least 4 members (excludes halogenated alkanes) is 5. The SMILES string of the molecule is CCCCCCCCC(O)C=CC=CC=CC(O)CCC(=O)N(C)C. The minimum atomic E-state index is -0.615. The Hall–Kier alpha value is -1.39. The molecule has 1 amide bonds. The molecular formula is C21H37NO3. The summed E-state index contributed by atoms with van der Waals surface area (Å²) in [6.07, 6.45) is 18.6. The van der Waals surface area contributed by atoms with Crippen LogP contribution in [0.1, 0.15) is 64.7 Å². The van der Waals surface area contributed by atoms with Crippen molar-refractivity contribution < 1.29 is 15.0 Å². The molecule has 0 bridgehead atoms. The molecule has 0 rings (SSSR count). The summed E-state index contributed by atoms with van der Waals surface area (Å²) in [6, 6.07) is 0. The quantitative estimate of drug-likeness (QED) is 0.367. The van der Waals surface area contributed by atoms with Gasteiger partial charge in [-0.1, -0.05) is 81.9 Å². The highest BCUT2D eigenvalue weighted by Gasteiger charge is 2.06. The number of allylic oxidation sites excluding steroid dienone is 4. The van der Waals surface area contributed by atoms with Crippen LogP contribution in [0.5, 0.6) is 0 Å². The summed E-state index contributed by atoms with van der Waals surface area (Å²) in [5, 5.41) is 19.6. The standard InChI is InChI=1S/C21H37NO3/c1-4-5-6-7-8-11-14-19(23)15-12-9-10-13-16-20(24)17-18-21(25)22(2)3/h9-10,12-13,15-16,19-20,23-24H,4-8,11,14,17-18H2,1-3H3. The second kappa shape index (κ2) is 16.1. The van der Waals surface area contributed by atoms with Crippen LogP contribution in [0.2, 0.25) is 0 Å². The molecule has 0 aliphatic rings. The first kappa shape index (κ1) is 23.6. The summed E-state index contributed by atoms with van der Waals surface area (Å²) in [4.78, 5) is 12.9. The normalized spacial score (nSPS) is 14.6. The zero-order valence-corrected chi connectivity index (χ0v) is 16.2. The van der Waals surface area contributed by atoms with Crippen LogP contribution in [-0.4, -0.2) is 47.3 Å². The van der Waals surface area contributed by atoms with Gasteiger partial charge in [-0.3, -0.25) is 4.79 Å². The number of carbonyl (C=O) groups is 1. The van der Waals surface area contributed by atoms with E-state index in [0.29, 0.717) is 12.8 Å². The molecule has 0 aromatic carbocycles. The summed E-state index contributed by atoms with van der Waals surface area (Å²) < 4.78 is 0. The number of hydrogen-bond acceptors (Lipinski definition) is 3. The summed E-state index contributed by atoms with van der Waals surface area (Å²) in [7, 11) is 3.42. The van der Waals surface area contributed by atoms with Crippen molar-refractivity contribution in [2.75, 3.05) is 14.1 Å². The van der Waals surface area contributed by atoms with Gasteiger partial charge in [0.2, 0.25) is 5.91 Å². The maximum atomic E-state index is 11.4. The van der Waals surface area contributed by atoms with Crippen molar-refractivity contribution in [2.24, 2.45) is 0 Å². The van der Waals surface area contributed by atoms with Crippen LogP contribution in [-0.2, 0) is 4.79 Å². The van der Waals surface area contributed by atoms with Gasteiger partial charge in [-0.2, -0.15) is 0 Å². The van der Waals surface area contributed by atoms with Gasteiger partial charge in [0.1, 0.15) is 0 Å². The lowest BCUT2D eigenvalue weighted by Crippen LogP contribution is -2.22. The molecular weight excluding hydrogens is 314 g/mol. The van der Waals surface area contributed by atoms with E-state index in [1.165, 1.54) is 37.0 Å². The molecule has 2 unspecified atom stereocenters. The maximum Gasteiger partial charge on any atom is 0.222 e. The zero-order valence-electron chi connectivity index (χ0n) is 16.2. The summed E-state index contributed by atoms with van der Waals surface area (Å²) in [5.41, 5.74) is 0. The molecule has 144 valence electrons. The van der Waals surface area contributed by atoms with Crippen LogP contribution in [0.15, 0.2) is 36.5 Å². The van der Waals surface area contributed by atoms with Crippen LogP contribution in [0.3, 0.4) is 0 Å². The van der Waals surface area contributed by atoms with E-state index in [1.807, 2.05) is 18.2 Å². The van der Waals surface area contributed by atoms with Crippen molar-refractivity contribution in [3.05, 3.63) is 36.5 Å². The Morgan fingerprint density at radius 1 is 0.840 bits per heavy atom. The monoisotopic (exact) mass is 351 g/mol. The van der Waals surface area contributed by atoms with Gasteiger partial charge in [-0.15, -0.1) is 0 Å². The van der Waals surface area contributed by atoms with Gasteiger partial charge in [0.25, 0.3) is 0 Å². The largest absolute Gasteiger partial charge is 0.389 e. The zero-order chi connectivity index (χ0) is 18.9. The lowest BCUT2D eigenvalue weighted by atomic mass is 10.1. The maximum absolute atomic E-state index is 11.4. The second-order valence-corrected chi connectivity index (χ2v) is 6.67. The third-order valence-corrected chi connectivity index (χ3v) is 4.01. The topological polar surface area (TPSA) is 60.8 Å². The van der Waals surface area contributed by atoms with Gasteiger partial charge in [-0.05, 0) is 12.8 Å². The molecule has 0 aromatic heterocycles. The fraction of sp³-hybridized carbons (Fsp3) is 0.667. The molecule has 4 heteroatoms. The average molecular weight is 352 g/mol. The van der Waals surface area contributed by atoms with Crippen molar-refractivity contribution in [1.29, 1.82) is 0 Å². The smallest absolute Gasteiger partial charge is 0.222 e. The van der Waals surface area contributed by atoms with Crippen molar-refractivity contribution >= 4 is 5.91 Å².